The summed E-state index contributed by atoms with van der Waals surface area (Å²) in [6, 6.07) is -0.360. The minimum atomic E-state index is -0.360. The second-order valence-electron chi connectivity index (χ2n) is 5.85. The Kier molecular flexibility index (Phi) is 8.82. The van der Waals surface area contributed by atoms with Gasteiger partial charge in [0.2, 0.25) is 11.8 Å². The summed E-state index contributed by atoms with van der Waals surface area (Å²) in [4.78, 5) is 28.6. The fraction of sp³-hybridized carbons (Fsp3) is 0.765. The minimum absolute atomic E-state index is 0.0663. The van der Waals surface area contributed by atoms with Gasteiger partial charge in [-0.25, -0.2) is 0 Å². The van der Waals surface area contributed by atoms with Crippen molar-refractivity contribution in [3.8, 4) is 0 Å². The van der Waals surface area contributed by atoms with Gasteiger partial charge in [-0.1, -0.05) is 19.9 Å². The molecule has 0 aliphatic carbocycles. The number of unbranched alkanes of at least 4 members (excludes halogenated alkanes) is 1. The Morgan fingerprint density at radius 2 is 2.09 bits per heavy atom. The van der Waals surface area contributed by atoms with E-state index in [-0.39, 0.29) is 24.3 Å². The zero-order valence-corrected chi connectivity index (χ0v) is 14.1. The molecule has 1 atom stereocenters. The monoisotopic (exact) mass is 309 g/mol. The van der Waals surface area contributed by atoms with Crippen LogP contribution in [-0.4, -0.2) is 60.4 Å². The number of allylic oxidation sites excluding steroid dienone is 1. The highest BCUT2D eigenvalue weighted by molar-refractivity contribution is 5.89. The first-order valence-electron chi connectivity index (χ1n) is 8.54. The van der Waals surface area contributed by atoms with Crippen LogP contribution < -0.4 is 5.32 Å². The molecule has 0 aromatic rings. The van der Waals surface area contributed by atoms with Crippen molar-refractivity contribution in [2.45, 2.75) is 52.0 Å². The van der Waals surface area contributed by atoms with Crippen molar-refractivity contribution in [2.24, 2.45) is 0 Å². The van der Waals surface area contributed by atoms with Crippen molar-refractivity contribution < 1.29 is 9.59 Å². The number of rotatable bonds is 10. The summed E-state index contributed by atoms with van der Waals surface area (Å²) in [7, 11) is 0. The summed E-state index contributed by atoms with van der Waals surface area (Å²) in [5.74, 6) is 0.152. The average Bonchev–Trinajstić information content (AvgIpc) is 2.51. The third kappa shape index (κ3) is 5.79. The first kappa shape index (κ1) is 18.7. The van der Waals surface area contributed by atoms with E-state index < -0.39 is 0 Å². The number of nitrogens with one attached hydrogen (secondary N) is 1. The Bertz CT molecular complexity index is 365. The molecular formula is C17H31N3O2. The van der Waals surface area contributed by atoms with E-state index in [0.717, 1.165) is 58.4 Å². The van der Waals surface area contributed by atoms with Crippen molar-refractivity contribution >= 4 is 11.8 Å². The predicted molar refractivity (Wildman–Crippen MR) is 89.6 cm³/mol. The molecule has 1 fully saturated rings. The van der Waals surface area contributed by atoms with Crippen LogP contribution in [0.5, 0.6) is 0 Å². The van der Waals surface area contributed by atoms with Crippen LogP contribution in [0.3, 0.4) is 0 Å². The normalized spacial score (nSPS) is 18.4. The maximum atomic E-state index is 12.5. The highest BCUT2D eigenvalue weighted by Crippen LogP contribution is 2.09. The maximum Gasteiger partial charge on any atom is 0.240 e. The van der Waals surface area contributed by atoms with Gasteiger partial charge in [0.05, 0.1) is 12.5 Å². The van der Waals surface area contributed by atoms with E-state index in [9.17, 15) is 9.59 Å². The molecule has 1 N–H and O–H groups in total. The van der Waals surface area contributed by atoms with Gasteiger partial charge < -0.3 is 15.1 Å². The molecule has 126 valence electrons. The fourth-order valence-electron chi connectivity index (χ4n) is 2.80. The minimum Gasteiger partial charge on any atom is -0.343 e. The van der Waals surface area contributed by atoms with E-state index in [1.807, 2.05) is 15.9 Å². The number of amides is 2. The van der Waals surface area contributed by atoms with Crippen LogP contribution in [0, 0.1) is 0 Å². The van der Waals surface area contributed by atoms with Gasteiger partial charge in [0.25, 0.3) is 0 Å². The quantitative estimate of drug-likeness (QED) is 0.494. The number of nitrogens with zero attached hydrogens (tertiary/aromatic N) is 2. The summed E-state index contributed by atoms with van der Waals surface area (Å²) in [6.45, 7) is 11.6. The summed E-state index contributed by atoms with van der Waals surface area (Å²) in [5.41, 5.74) is 0. The smallest absolute Gasteiger partial charge is 0.240 e. The largest absolute Gasteiger partial charge is 0.343 e. The molecule has 5 heteroatoms. The topological polar surface area (TPSA) is 52.7 Å². The molecule has 1 rings (SSSR count). The van der Waals surface area contributed by atoms with Gasteiger partial charge in [-0.15, -0.1) is 6.58 Å². The number of carbonyl (C=O) groups is 2. The van der Waals surface area contributed by atoms with E-state index in [1.54, 1.807) is 0 Å². The third-order valence-electron chi connectivity index (χ3n) is 3.94. The lowest BCUT2D eigenvalue weighted by Gasteiger charge is -2.34. The number of piperazine rings is 1. The Morgan fingerprint density at radius 1 is 1.41 bits per heavy atom. The van der Waals surface area contributed by atoms with E-state index in [1.165, 1.54) is 0 Å². The highest BCUT2D eigenvalue weighted by Gasteiger charge is 2.30. The average molecular weight is 309 g/mol. The number of hydrogen-bond acceptors (Lipinski definition) is 3. The molecule has 0 bridgehead atoms. The molecule has 1 saturated heterocycles. The summed E-state index contributed by atoms with van der Waals surface area (Å²) in [6.07, 6.45) is 5.91. The van der Waals surface area contributed by atoms with E-state index in [4.69, 9.17) is 0 Å². The fourth-order valence-corrected chi connectivity index (χ4v) is 2.80. The van der Waals surface area contributed by atoms with Gasteiger partial charge in [0.15, 0.2) is 0 Å². The van der Waals surface area contributed by atoms with Crippen molar-refractivity contribution in [2.75, 3.05) is 32.7 Å². The highest BCUT2D eigenvalue weighted by atomic mass is 16.2. The van der Waals surface area contributed by atoms with E-state index in [2.05, 4.69) is 25.7 Å². The van der Waals surface area contributed by atoms with Crippen LogP contribution in [0.15, 0.2) is 12.7 Å². The maximum absolute atomic E-state index is 12.5. The first-order valence-corrected chi connectivity index (χ1v) is 8.54. The summed E-state index contributed by atoms with van der Waals surface area (Å²) in [5, 5.41) is 3.20. The van der Waals surface area contributed by atoms with Crippen LogP contribution in [-0.2, 0) is 9.59 Å². The molecule has 0 spiro atoms. The molecule has 0 saturated carbocycles. The molecule has 0 aromatic carbocycles. The van der Waals surface area contributed by atoms with Crippen molar-refractivity contribution in [3.63, 3.8) is 0 Å². The zero-order chi connectivity index (χ0) is 16.4. The molecule has 5 nitrogen and oxygen atoms in total. The Balaban J connectivity index is 2.53. The lowest BCUT2D eigenvalue weighted by molar-refractivity contribution is -0.141. The van der Waals surface area contributed by atoms with Crippen molar-refractivity contribution in [1.29, 1.82) is 0 Å². The lowest BCUT2D eigenvalue weighted by atomic mass is 10.1. The van der Waals surface area contributed by atoms with Crippen LogP contribution in [0.25, 0.3) is 0 Å². The second kappa shape index (κ2) is 10.4. The lowest BCUT2D eigenvalue weighted by Crippen LogP contribution is -2.56. The molecule has 1 aliphatic rings. The first-order chi connectivity index (χ1) is 10.6. The van der Waals surface area contributed by atoms with Gasteiger partial charge >= 0.3 is 0 Å². The Morgan fingerprint density at radius 3 is 2.68 bits per heavy atom. The molecule has 1 unspecified atom stereocenters. The molecule has 0 radical (unpaired) electrons. The van der Waals surface area contributed by atoms with Crippen LogP contribution in [0.1, 0.15) is 46.0 Å². The SMILES string of the molecule is C=CCCCN1CCNC(CC(=O)N(CCC)CCC)C1=O. The molecule has 1 heterocycles. The summed E-state index contributed by atoms with van der Waals surface area (Å²) >= 11 is 0. The van der Waals surface area contributed by atoms with Gasteiger partial charge in [0.1, 0.15) is 0 Å². The predicted octanol–water partition coefficient (Wildman–Crippen LogP) is 1.79. The van der Waals surface area contributed by atoms with Crippen LogP contribution in [0.2, 0.25) is 0 Å². The van der Waals surface area contributed by atoms with E-state index >= 15 is 0 Å². The molecule has 2 amide bonds. The third-order valence-corrected chi connectivity index (χ3v) is 3.94. The van der Waals surface area contributed by atoms with Gasteiger partial charge in [-0.05, 0) is 25.7 Å². The number of hydrogen-bond donors (Lipinski definition) is 1. The summed E-state index contributed by atoms with van der Waals surface area (Å²) < 4.78 is 0. The Labute approximate surface area is 134 Å². The molecule has 1 aliphatic heterocycles. The van der Waals surface area contributed by atoms with Crippen LogP contribution >= 0.6 is 0 Å². The molecule has 22 heavy (non-hydrogen) atoms. The van der Waals surface area contributed by atoms with Gasteiger partial charge in [-0.3, -0.25) is 9.59 Å². The molecular weight excluding hydrogens is 278 g/mol. The van der Waals surface area contributed by atoms with Gasteiger partial charge in [-0.2, -0.15) is 0 Å². The van der Waals surface area contributed by atoms with Gasteiger partial charge in [0, 0.05) is 32.7 Å². The standard InChI is InChI=1S/C17H31N3O2/c1-4-7-8-12-20-13-9-18-15(17(20)22)14-16(21)19(10-5-2)11-6-3/h4,15,18H,1,5-14H2,2-3H3. The number of carbonyl (C=O) groups excluding carboxylic acids is 2. The van der Waals surface area contributed by atoms with E-state index in [0.29, 0.717) is 0 Å². The van der Waals surface area contributed by atoms with Crippen molar-refractivity contribution in [3.05, 3.63) is 12.7 Å². The second-order valence-corrected chi connectivity index (χ2v) is 5.85. The Hall–Kier alpha value is -1.36. The zero-order valence-electron chi connectivity index (χ0n) is 14.1. The van der Waals surface area contributed by atoms with Crippen molar-refractivity contribution in [1.82, 2.24) is 15.1 Å². The van der Waals surface area contributed by atoms with Crippen LogP contribution in [0.4, 0.5) is 0 Å². The molecule has 0 aromatic heterocycles.